The number of halogens is 3. The molecule has 11 heteroatoms. The Kier molecular flexibility index (Phi) is 7.54. The third-order valence-corrected chi connectivity index (χ3v) is 5.00. The average molecular weight is 427 g/mol. The molecule has 164 valence electrons. The van der Waals surface area contributed by atoms with Crippen LogP contribution in [0.2, 0.25) is 0 Å². The van der Waals surface area contributed by atoms with E-state index >= 15 is 0 Å². The Labute approximate surface area is 171 Å². The number of carbonyl (C=O) groups is 3. The van der Waals surface area contributed by atoms with E-state index in [-0.39, 0.29) is 43.0 Å². The van der Waals surface area contributed by atoms with Gasteiger partial charge in [0.1, 0.15) is 6.29 Å². The first-order valence-corrected chi connectivity index (χ1v) is 9.37. The number of rotatable bonds is 6. The summed E-state index contributed by atoms with van der Waals surface area (Å²) in [7, 11) is 0. The summed E-state index contributed by atoms with van der Waals surface area (Å²) in [6.45, 7) is 0.508. The van der Waals surface area contributed by atoms with Crippen LogP contribution in [0.5, 0.6) is 0 Å². The zero-order valence-corrected chi connectivity index (χ0v) is 16.2. The smallest absolute Gasteiger partial charge is 0.370 e. The predicted molar refractivity (Wildman–Crippen MR) is 103 cm³/mol. The highest BCUT2D eigenvalue weighted by Crippen LogP contribution is 2.39. The molecule has 2 amide bonds. The Balaban J connectivity index is 2.18. The third-order valence-electron chi connectivity index (χ3n) is 5.00. The van der Waals surface area contributed by atoms with E-state index in [0.29, 0.717) is 19.1 Å². The van der Waals surface area contributed by atoms with E-state index in [1.165, 1.54) is 17.0 Å². The van der Waals surface area contributed by atoms with E-state index in [0.717, 1.165) is 6.07 Å². The van der Waals surface area contributed by atoms with Crippen molar-refractivity contribution in [3.63, 3.8) is 0 Å². The van der Waals surface area contributed by atoms with Crippen molar-refractivity contribution < 1.29 is 27.6 Å². The van der Waals surface area contributed by atoms with Gasteiger partial charge in [-0.1, -0.05) is 6.07 Å². The van der Waals surface area contributed by atoms with Crippen molar-refractivity contribution in [2.24, 2.45) is 22.2 Å². The molecule has 0 aliphatic carbocycles. The average Bonchev–Trinajstić information content (AvgIpc) is 2.70. The van der Waals surface area contributed by atoms with Gasteiger partial charge in [-0.3, -0.25) is 9.59 Å². The van der Waals surface area contributed by atoms with E-state index < -0.39 is 35.6 Å². The number of aliphatic imine (C=N–C) groups is 1. The molecule has 1 saturated heterocycles. The van der Waals surface area contributed by atoms with Crippen LogP contribution in [0.25, 0.3) is 0 Å². The van der Waals surface area contributed by atoms with E-state index in [4.69, 9.17) is 17.2 Å². The van der Waals surface area contributed by atoms with Gasteiger partial charge in [-0.2, -0.15) is 18.2 Å². The van der Waals surface area contributed by atoms with Gasteiger partial charge < -0.3 is 26.9 Å². The maximum atomic E-state index is 13.6. The topological polar surface area (TPSA) is 145 Å². The second-order valence-electron chi connectivity index (χ2n) is 7.09. The summed E-state index contributed by atoms with van der Waals surface area (Å²) >= 11 is 0. The number of amides is 2. The first-order valence-electron chi connectivity index (χ1n) is 9.37. The summed E-state index contributed by atoms with van der Waals surface area (Å²) in [5.74, 6) is -2.26. The van der Waals surface area contributed by atoms with E-state index in [1.54, 1.807) is 0 Å². The van der Waals surface area contributed by atoms with Crippen LogP contribution in [0.4, 0.5) is 13.2 Å². The molecule has 0 radical (unpaired) electrons. The van der Waals surface area contributed by atoms with Crippen molar-refractivity contribution >= 4 is 24.1 Å². The minimum Gasteiger partial charge on any atom is -0.370 e. The van der Waals surface area contributed by atoms with Gasteiger partial charge in [-0.15, -0.1) is 0 Å². The summed E-state index contributed by atoms with van der Waals surface area (Å²) in [5, 5.41) is 0. The van der Waals surface area contributed by atoms with Crippen LogP contribution in [-0.4, -0.2) is 48.1 Å². The Bertz CT molecular complexity index is 829. The number of likely N-dealkylation sites (tertiary alicyclic amines) is 1. The fourth-order valence-corrected chi connectivity index (χ4v) is 3.49. The van der Waals surface area contributed by atoms with Gasteiger partial charge in [-0.05, 0) is 42.9 Å². The second kappa shape index (κ2) is 9.70. The standard InChI is InChI=1S/C19H24F3N5O3/c20-19(21,22)14-10-12(16(29)26-18(24)25)3-4-13(14)11-5-7-27(8-6-11)17(30)15(23)2-1-9-28/h3-4,9-11,15H,1-2,5-8,23H2,(H4,24,25,26,29)/t15-/m0/s1. The normalized spacial score (nSPS) is 16.1. The van der Waals surface area contributed by atoms with Crippen LogP contribution in [0.3, 0.4) is 0 Å². The van der Waals surface area contributed by atoms with Crippen LogP contribution in [-0.2, 0) is 15.8 Å². The highest BCUT2D eigenvalue weighted by atomic mass is 19.4. The van der Waals surface area contributed by atoms with Crippen molar-refractivity contribution in [2.45, 2.75) is 43.8 Å². The Morgan fingerprint density at radius 3 is 2.40 bits per heavy atom. The van der Waals surface area contributed by atoms with Gasteiger partial charge in [0.25, 0.3) is 5.91 Å². The van der Waals surface area contributed by atoms with E-state index in [1.807, 2.05) is 0 Å². The maximum absolute atomic E-state index is 13.6. The van der Waals surface area contributed by atoms with Gasteiger partial charge in [-0.25, -0.2) is 0 Å². The largest absolute Gasteiger partial charge is 0.416 e. The lowest BCUT2D eigenvalue weighted by Gasteiger charge is -2.34. The Morgan fingerprint density at radius 2 is 1.87 bits per heavy atom. The Hall–Kier alpha value is -2.95. The molecule has 1 aromatic carbocycles. The van der Waals surface area contributed by atoms with Crippen LogP contribution < -0.4 is 17.2 Å². The SMILES string of the molecule is NC(N)=NC(=O)c1ccc(C2CCN(C(=O)[C@@H](N)CCC=O)CC2)c(C(F)(F)F)c1. The number of benzene rings is 1. The van der Waals surface area contributed by atoms with Crippen molar-refractivity contribution in [1.29, 1.82) is 0 Å². The predicted octanol–water partition coefficient (Wildman–Crippen LogP) is 1.13. The van der Waals surface area contributed by atoms with Crippen LogP contribution in [0, 0.1) is 0 Å². The highest BCUT2D eigenvalue weighted by molar-refractivity contribution is 6.02. The molecule has 2 rings (SSSR count). The molecule has 0 saturated carbocycles. The van der Waals surface area contributed by atoms with Gasteiger partial charge in [0, 0.05) is 25.1 Å². The second-order valence-corrected chi connectivity index (χ2v) is 7.09. The summed E-state index contributed by atoms with van der Waals surface area (Å²) in [5.41, 5.74) is 14.9. The van der Waals surface area contributed by atoms with Gasteiger partial charge in [0.2, 0.25) is 5.91 Å². The highest BCUT2D eigenvalue weighted by Gasteiger charge is 2.37. The lowest BCUT2D eigenvalue weighted by molar-refractivity contribution is -0.139. The number of carbonyl (C=O) groups excluding carboxylic acids is 3. The number of nitrogens with two attached hydrogens (primary N) is 3. The molecule has 30 heavy (non-hydrogen) atoms. The minimum atomic E-state index is -4.67. The van der Waals surface area contributed by atoms with Crippen LogP contribution >= 0.6 is 0 Å². The summed E-state index contributed by atoms with van der Waals surface area (Å²) in [6, 6.07) is 2.46. The lowest BCUT2D eigenvalue weighted by Crippen LogP contribution is -2.47. The fraction of sp³-hybridized carbons (Fsp3) is 0.474. The first kappa shape index (κ1) is 23.3. The fourth-order valence-electron chi connectivity index (χ4n) is 3.49. The number of nitrogens with zero attached hydrogens (tertiary/aromatic N) is 2. The number of alkyl halides is 3. The van der Waals surface area contributed by atoms with Gasteiger partial charge >= 0.3 is 6.18 Å². The molecule has 0 unspecified atom stereocenters. The molecule has 0 bridgehead atoms. The molecular weight excluding hydrogens is 403 g/mol. The van der Waals surface area contributed by atoms with Crippen molar-refractivity contribution in [2.75, 3.05) is 13.1 Å². The molecule has 0 spiro atoms. The molecule has 1 aliphatic heterocycles. The zero-order valence-electron chi connectivity index (χ0n) is 16.2. The molecule has 8 nitrogen and oxygen atoms in total. The van der Waals surface area contributed by atoms with Crippen LogP contribution in [0.1, 0.15) is 53.1 Å². The summed E-state index contributed by atoms with van der Waals surface area (Å²) in [4.78, 5) is 39.4. The zero-order chi connectivity index (χ0) is 22.5. The number of hydrogen-bond acceptors (Lipinski definition) is 4. The number of piperidine rings is 1. The van der Waals surface area contributed by atoms with Crippen molar-refractivity contribution in [3.05, 3.63) is 34.9 Å². The Morgan fingerprint density at radius 1 is 1.23 bits per heavy atom. The summed E-state index contributed by atoms with van der Waals surface area (Å²) < 4.78 is 40.9. The third kappa shape index (κ3) is 5.78. The molecular formula is C19H24F3N5O3. The van der Waals surface area contributed by atoms with Gasteiger partial charge in [0.15, 0.2) is 5.96 Å². The molecule has 1 heterocycles. The minimum absolute atomic E-state index is 0.0566. The van der Waals surface area contributed by atoms with Gasteiger partial charge in [0.05, 0.1) is 11.6 Å². The summed E-state index contributed by atoms with van der Waals surface area (Å²) in [6.07, 6.45) is -2.96. The first-order chi connectivity index (χ1) is 14.0. The van der Waals surface area contributed by atoms with Crippen LogP contribution in [0.15, 0.2) is 23.2 Å². The van der Waals surface area contributed by atoms with E-state index in [9.17, 15) is 27.6 Å². The number of guanidine groups is 1. The number of hydrogen-bond donors (Lipinski definition) is 3. The molecule has 1 fully saturated rings. The van der Waals surface area contributed by atoms with E-state index in [2.05, 4.69) is 4.99 Å². The van der Waals surface area contributed by atoms with Crippen molar-refractivity contribution in [3.8, 4) is 0 Å². The molecule has 1 aliphatic rings. The number of aldehydes is 1. The molecule has 0 aromatic heterocycles. The van der Waals surface area contributed by atoms with Crippen molar-refractivity contribution in [1.82, 2.24) is 4.90 Å². The molecule has 6 N–H and O–H groups in total. The lowest BCUT2D eigenvalue weighted by atomic mass is 9.85. The molecule has 1 atom stereocenters. The maximum Gasteiger partial charge on any atom is 0.416 e. The quantitative estimate of drug-likeness (QED) is 0.353. The monoisotopic (exact) mass is 427 g/mol. The molecule has 1 aromatic rings.